The van der Waals surface area contributed by atoms with Crippen LogP contribution in [0.5, 0.6) is 11.5 Å². The van der Waals surface area contributed by atoms with Crippen molar-refractivity contribution in [2.24, 2.45) is 0 Å². The van der Waals surface area contributed by atoms with Crippen LogP contribution in [0.1, 0.15) is 44.1 Å². The molecule has 1 aromatic rings. The summed E-state index contributed by atoms with van der Waals surface area (Å²) in [5, 5.41) is 5.70. The molecule has 1 saturated carbocycles. The van der Waals surface area contributed by atoms with Gasteiger partial charge in [0, 0.05) is 24.7 Å². The fraction of sp³-hybridized carbons (Fsp3) is 0.550. The maximum absolute atomic E-state index is 12.6. The summed E-state index contributed by atoms with van der Waals surface area (Å²) in [5.74, 6) is 0.797. The van der Waals surface area contributed by atoms with Crippen molar-refractivity contribution in [1.82, 2.24) is 10.2 Å². The molecule has 1 aliphatic heterocycles. The number of carbonyl (C=O) groups excluding carboxylic acids is 3. The summed E-state index contributed by atoms with van der Waals surface area (Å²) in [5.41, 5.74) is 0.793. The van der Waals surface area contributed by atoms with Crippen molar-refractivity contribution in [1.29, 1.82) is 0 Å². The number of nitrogens with zero attached hydrogens (tertiary/aromatic N) is 1. The number of methoxy groups -OCH3 is 2. The Labute approximate surface area is 164 Å². The van der Waals surface area contributed by atoms with E-state index < -0.39 is 5.54 Å². The second-order valence-electron chi connectivity index (χ2n) is 7.35. The standard InChI is InChI=1S/C20H27N3O5/c1-13-11-15(27-2)16(28-3)12-14(13)21-17(24)7-6-10-23-18(25)20(22-19(23)26)8-4-5-9-20/h11-12H,4-10H2,1-3H3,(H,21,24)(H,22,26). The summed E-state index contributed by atoms with van der Waals surface area (Å²) >= 11 is 0. The van der Waals surface area contributed by atoms with Gasteiger partial charge in [-0.05, 0) is 37.8 Å². The van der Waals surface area contributed by atoms with Gasteiger partial charge < -0.3 is 20.1 Å². The fourth-order valence-electron chi connectivity index (χ4n) is 3.92. The lowest BCUT2D eigenvalue weighted by molar-refractivity contribution is -0.131. The Hall–Kier alpha value is -2.77. The van der Waals surface area contributed by atoms with E-state index in [2.05, 4.69) is 10.6 Å². The number of amides is 4. The van der Waals surface area contributed by atoms with Crippen LogP contribution in [0.4, 0.5) is 10.5 Å². The average molecular weight is 389 g/mol. The number of anilines is 1. The van der Waals surface area contributed by atoms with Crippen LogP contribution < -0.4 is 20.1 Å². The SMILES string of the molecule is COc1cc(C)c(NC(=O)CCCN2C(=O)NC3(CCCC3)C2=O)cc1OC. The molecule has 1 saturated heterocycles. The average Bonchev–Trinajstić information content (AvgIpc) is 3.23. The number of imide groups is 1. The second kappa shape index (κ2) is 8.08. The normalized spacial score (nSPS) is 17.8. The summed E-state index contributed by atoms with van der Waals surface area (Å²) in [7, 11) is 3.09. The summed E-state index contributed by atoms with van der Waals surface area (Å²) in [4.78, 5) is 38.3. The Bertz CT molecular complexity index is 786. The largest absolute Gasteiger partial charge is 0.493 e. The zero-order valence-electron chi connectivity index (χ0n) is 16.6. The lowest BCUT2D eigenvalue weighted by Crippen LogP contribution is -2.44. The minimum absolute atomic E-state index is 0.147. The van der Waals surface area contributed by atoms with Crippen molar-refractivity contribution in [3.63, 3.8) is 0 Å². The van der Waals surface area contributed by atoms with E-state index in [1.165, 1.54) is 12.0 Å². The van der Waals surface area contributed by atoms with Gasteiger partial charge in [-0.15, -0.1) is 0 Å². The Morgan fingerprint density at radius 3 is 2.46 bits per heavy atom. The predicted molar refractivity (Wildman–Crippen MR) is 104 cm³/mol. The molecule has 2 aliphatic rings. The lowest BCUT2D eigenvalue weighted by atomic mass is 9.98. The Morgan fingerprint density at radius 2 is 1.82 bits per heavy atom. The molecule has 4 amide bonds. The first kappa shape index (κ1) is 20.0. The van der Waals surface area contributed by atoms with Gasteiger partial charge in [-0.3, -0.25) is 14.5 Å². The summed E-state index contributed by atoms with van der Waals surface area (Å²) in [6.07, 6.45) is 3.92. The molecular weight excluding hydrogens is 362 g/mol. The summed E-state index contributed by atoms with van der Waals surface area (Å²) in [6.45, 7) is 2.11. The lowest BCUT2D eigenvalue weighted by Gasteiger charge is -2.20. The van der Waals surface area contributed by atoms with Gasteiger partial charge in [-0.25, -0.2) is 4.79 Å². The molecule has 0 unspecified atom stereocenters. The number of rotatable bonds is 7. The third-order valence-electron chi connectivity index (χ3n) is 5.49. The monoisotopic (exact) mass is 389 g/mol. The van der Waals surface area contributed by atoms with Gasteiger partial charge in [-0.1, -0.05) is 12.8 Å². The van der Waals surface area contributed by atoms with E-state index in [0.29, 0.717) is 36.4 Å². The van der Waals surface area contributed by atoms with Gasteiger partial charge >= 0.3 is 6.03 Å². The molecule has 2 N–H and O–H groups in total. The predicted octanol–water partition coefficient (Wildman–Crippen LogP) is 2.60. The third-order valence-corrected chi connectivity index (χ3v) is 5.49. The van der Waals surface area contributed by atoms with Crippen LogP contribution in [-0.2, 0) is 9.59 Å². The van der Waals surface area contributed by atoms with E-state index in [0.717, 1.165) is 18.4 Å². The van der Waals surface area contributed by atoms with Gasteiger partial charge in [0.1, 0.15) is 5.54 Å². The maximum atomic E-state index is 12.6. The second-order valence-corrected chi connectivity index (χ2v) is 7.35. The number of urea groups is 1. The van der Waals surface area contributed by atoms with Crippen LogP contribution in [0.25, 0.3) is 0 Å². The van der Waals surface area contributed by atoms with E-state index in [1.54, 1.807) is 19.2 Å². The smallest absolute Gasteiger partial charge is 0.325 e. The number of nitrogens with one attached hydrogen (secondary N) is 2. The Morgan fingerprint density at radius 1 is 1.18 bits per heavy atom. The van der Waals surface area contributed by atoms with Crippen molar-refractivity contribution < 1.29 is 23.9 Å². The summed E-state index contributed by atoms with van der Waals surface area (Å²) in [6, 6.07) is 3.17. The minimum Gasteiger partial charge on any atom is -0.493 e. The van der Waals surface area contributed by atoms with Crippen LogP contribution in [0.2, 0.25) is 0 Å². The van der Waals surface area contributed by atoms with Gasteiger partial charge in [0.15, 0.2) is 11.5 Å². The molecule has 1 heterocycles. The highest BCUT2D eigenvalue weighted by atomic mass is 16.5. The maximum Gasteiger partial charge on any atom is 0.325 e. The molecule has 0 radical (unpaired) electrons. The number of hydrogen-bond donors (Lipinski definition) is 2. The fourth-order valence-corrected chi connectivity index (χ4v) is 3.92. The van der Waals surface area contributed by atoms with E-state index in [-0.39, 0.29) is 30.8 Å². The Kier molecular flexibility index (Phi) is 5.76. The minimum atomic E-state index is -0.698. The molecule has 8 heteroatoms. The number of benzene rings is 1. The molecular formula is C20H27N3O5. The number of carbonyl (C=O) groups is 3. The van der Waals surface area contributed by atoms with E-state index >= 15 is 0 Å². The van der Waals surface area contributed by atoms with Gasteiger partial charge in [0.25, 0.3) is 5.91 Å². The van der Waals surface area contributed by atoms with Gasteiger partial charge in [-0.2, -0.15) is 0 Å². The quantitative estimate of drug-likeness (QED) is 0.699. The first-order chi connectivity index (χ1) is 13.4. The molecule has 28 heavy (non-hydrogen) atoms. The first-order valence-electron chi connectivity index (χ1n) is 9.57. The molecule has 1 spiro atoms. The zero-order chi connectivity index (χ0) is 20.3. The number of hydrogen-bond acceptors (Lipinski definition) is 5. The number of aryl methyl sites for hydroxylation is 1. The third kappa shape index (κ3) is 3.76. The molecule has 1 aliphatic carbocycles. The van der Waals surface area contributed by atoms with Crippen LogP contribution in [0.3, 0.4) is 0 Å². The van der Waals surface area contributed by atoms with Crippen LogP contribution >= 0.6 is 0 Å². The zero-order valence-corrected chi connectivity index (χ0v) is 16.6. The highest BCUT2D eigenvalue weighted by Gasteiger charge is 2.52. The van der Waals surface area contributed by atoms with Crippen molar-refractivity contribution in [3.8, 4) is 11.5 Å². The van der Waals surface area contributed by atoms with Crippen LogP contribution in [-0.4, -0.2) is 49.0 Å². The molecule has 2 fully saturated rings. The molecule has 0 aromatic heterocycles. The van der Waals surface area contributed by atoms with E-state index in [9.17, 15) is 14.4 Å². The van der Waals surface area contributed by atoms with Gasteiger partial charge in [0.05, 0.1) is 14.2 Å². The first-order valence-corrected chi connectivity index (χ1v) is 9.57. The van der Waals surface area contributed by atoms with E-state index in [4.69, 9.17) is 9.47 Å². The number of ether oxygens (including phenoxy) is 2. The van der Waals surface area contributed by atoms with Crippen LogP contribution in [0.15, 0.2) is 12.1 Å². The Balaban J connectivity index is 1.54. The topological polar surface area (TPSA) is 97.0 Å². The van der Waals surface area contributed by atoms with Crippen molar-refractivity contribution in [2.45, 2.75) is 51.0 Å². The van der Waals surface area contributed by atoms with Crippen molar-refractivity contribution in [3.05, 3.63) is 17.7 Å². The molecule has 8 nitrogen and oxygen atoms in total. The van der Waals surface area contributed by atoms with Crippen molar-refractivity contribution >= 4 is 23.5 Å². The molecule has 1 aromatic carbocycles. The highest BCUT2D eigenvalue weighted by Crippen LogP contribution is 2.35. The molecule has 0 bridgehead atoms. The molecule has 0 atom stereocenters. The highest BCUT2D eigenvalue weighted by molar-refractivity contribution is 6.07. The van der Waals surface area contributed by atoms with Gasteiger partial charge in [0.2, 0.25) is 5.91 Å². The van der Waals surface area contributed by atoms with E-state index in [1.807, 2.05) is 6.92 Å². The van der Waals surface area contributed by atoms with Crippen LogP contribution in [0, 0.1) is 6.92 Å². The molecule has 152 valence electrons. The van der Waals surface area contributed by atoms with Crippen molar-refractivity contribution in [2.75, 3.05) is 26.1 Å². The summed E-state index contributed by atoms with van der Waals surface area (Å²) < 4.78 is 10.5. The molecule has 3 rings (SSSR count).